The van der Waals surface area contributed by atoms with E-state index < -0.39 is 10.0 Å². The van der Waals surface area contributed by atoms with Crippen molar-refractivity contribution in [3.8, 4) is 5.75 Å². The molecule has 1 heterocycles. The van der Waals surface area contributed by atoms with E-state index >= 15 is 0 Å². The lowest BCUT2D eigenvalue weighted by Crippen LogP contribution is -2.37. The Hall–Kier alpha value is -2.38. The number of amides is 1. The fraction of sp³-hybridized carbons (Fsp3) is 0.381. The third-order valence-corrected chi connectivity index (χ3v) is 6.64. The zero-order chi connectivity index (χ0) is 19.8. The Morgan fingerprint density at radius 3 is 2.39 bits per heavy atom. The molecule has 0 aromatic heterocycles. The van der Waals surface area contributed by atoms with Gasteiger partial charge in [0.15, 0.2) is 0 Å². The van der Waals surface area contributed by atoms with E-state index in [-0.39, 0.29) is 16.4 Å². The number of para-hydroxylation sites is 1. The van der Waals surface area contributed by atoms with Crippen LogP contribution in [0.5, 0.6) is 5.75 Å². The Morgan fingerprint density at radius 1 is 0.964 bits per heavy atom. The summed E-state index contributed by atoms with van der Waals surface area (Å²) in [6.07, 6.45) is 3.38. The monoisotopic (exact) mass is 402 g/mol. The maximum absolute atomic E-state index is 13.0. The molecule has 0 spiro atoms. The predicted octanol–water partition coefficient (Wildman–Crippen LogP) is 3.06. The summed E-state index contributed by atoms with van der Waals surface area (Å²) >= 11 is 0. The number of nitrogens with one attached hydrogen (secondary N) is 1. The quantitative estimate of drug-likeness (QED) is 0.689. The lowest BCUT2D eigenvalue weighted by atomic mass is 10.2. The molecule has 1 amide bonds. The molecular weight excluding hydrogens is 376 g/mol. The minimum Gasteiger partial charge on any atom is -0.494 e. The van der Waals surface area contributed by atoms with Crippen LogP contribution in [-0.4, -0.2) is 44.9 Å². The smallest absolute Gasteiger partial charge is 0.252 e. The minimum absolute atomic E-state index is 0.0786. The first kappa shape index (κ1) is 20.4. The standard InChI is InChI=1S/C21H26N2O4S/c24-21(22-14-9-17-27-18-10-3-1-4-11-18)19-12-5-6-13-20(19)28(25,26)23-15-7-2-8-16-23/h1,3-6,10-13H,2,7-9,14-17H2,(H,22,24). The number of hydrogen-bond acceptors (Lipinski definition) is 4. The molecule has 1 aliphatic heterocycles. The van der Waals surface area contributed by atoms with Crippen LogP contribution in [0.15, 0.2) is 59.5 Å². The van der Waals surface area contributed by atoms with Crippen molar-refractivity contribution >= 4 is 15.9 Å². The molecule has 0 radical (unpaired) electrons. The molecule has 0 saturated carbocycles. The van der Waals surface area contributed by atoms with Crippen molar-refractivity contribution in [1.82, 2.24) is 9.62 Å². The Kier molecular flexibility index (Phi) is 7.06. The van der Waals surface area contributed by atoms with Crippen LogP contribution in [0.2, 0.25) is 0 Å². The van der Waals surface area contributed by atoms with Gasteiger partial charge in [-0.25, -0.2) is 8.42 Å². The van der Waals surface area contributed by atoms with E-state index in [0.717, 1.165) is 25.0 Å². The molecular formula is C21H26N2O4S. The van der Waals surface area contributed by atoms with Gasteiger partial charge in [-0.2, -0.15) is 4.31 Å². The van der Waals surface area contributed by atoms with Gasteiger partial charge >= 0.3 is 0 Å². The van der Waals surface area contributed by atoms with E-state index in [2.05, 4.69) is 5.32 Å². The Labute approximate surface area is 166 Å². The van der Waals surface area contributed by atoms with Crippen LogP contribution in [0.1, 0.15) is 36.0 Å². The highest BCUT2D eigenvalue weighted by Crippen LogP contribution is 2.23. The highest BCUT2D eigenvalue weighted by molar-refractivity contribution is 7.89. The summed E-state index contributed by atoms with van der Waals surface area (Å²) in [5, 5.41) is 2.80. The summed E-state index contributed by atoms with van der Waals surface area (Å²) in [5.41, 5.74) is 0.192. The van der Waals surface area contributed by atoms with Gasteiger partial charge < -0.3 is 10.1 Å². The van der Waals surface area contributed by atoms with E-state index in [4.69, 9.17) is 4.74 Å². The van der Waals surface area contributed by atoms with Crippen LogP contribution in [0.25, 0.3) is 0 Å². The summed E-state index contributed by atoms with van der Waals surface area (Å²) in [6, 6.07) is 15.9. The first-order valence-corrected chi connectivity index (χ1v) is 11.1. The van der Waals surface area contributed by atoms with Crippen LogP contribution in [-0.2, 0) is 10.0 Å². The lowest BCUT2D eigenvalue weighted by molar-refractivity contribution is 0.0948. The number of sulfonamides is 1. The molecule has 2 aromatic carbocycles. The Bertz CT molecular complexity index is 878. The SMILES string of the molecule is O=C(NCCCOc1ccccc1)c1ccccc1S(=O)(=O)N1CCCCC1. The molecule has 0 atom stereocenters. The second-order valence-corrected chi connectivity index (χ2v) is 8.64. The summed E-state index contributed by atoms with van der Waals surface area (Å²) in [6.45, 7) is 1.89. The maximum atomic E-state index is 13.0. The molecule has 150 valence electrons. The van der Waals surface area contributed by atoms with E-state index in [1.54, 1.807) is 18.2 Å². The van der Waals surface area contributed by atoms with Crippen molar-refractivity contribution in [2.45, 2.75) is 30.6 Å². The van der Waals surface area contributed by atoms with E-state index in [0.29, 0.717) is 32.7 Å². The molecule has 0 unspecified atom stereocenters. The number of ether oxygens (including phenoxy) is 1. The Balaban J connectivity index is 1.58. The van der Waals surface area contributed by atoms with Crippen LogP contribution in [0.3, 0.4) is 0 Å². The van der Waals surface area contributed by atoms with Crippen LogP contribution in [0, 0.1) is 0 Å². The molecule has 28 heavy (non-hydrogen) atoms. The molecule has 1 saturated heterocycles. The van der Waals surface area contributed by atoms with E-state index in [9.17, 15) is 13.2 Å². The zero-order valence-corrected chi connectivity index (χ0v) is 16.7. The fourth-order valence-corrected chi connectivity index (χ4v) is 4.91. The summed E-state index contributed by atoms with van der Waals surface area (Å²) in [5.74, 6) is 0.405. The second kappa shape index (κ2) is 9.71. The third-order valence-electron chi connectivity index (χ3n) is 4.68. The topological polar surface area (TPSA) is 75.7 Å². The van der Waals surface area contributed by atoms with E-state index in [1.807, 2.05) is 30.3 Å². The van der Waals surface area contributed by atoms with Crippen LogP contribution < -0.4 is 10.1 Å². The van der Waals surface area contributed by atoms with Crippen LogP contribution >= 0.6 is 0 Å². The summed E-state index contributed by atoms with van der Waals surface area (Å²) < 4.78 is 33.0. The molecule has 1 aliphatic rings. The predicted molar refractivity (Wildman–Crippen MR) is 108 cm³/mol. The largest absolute Gasteiger partial charge is 0.494 e. The number of benzene rings is 2. The Morgan fingerprint density at radius 2 is 1.64 bits per heavy atom. The average Bonchev–Trinajstić information content (AvgIpc) is 2.75. The van der Waals surface area contributed by atoms with Crippen molar-refractivity contribution < 1.29 is 17.9 Å². The molecule has 3 rings (SSSR count). The fourth-order valence-electron chi connectivity index (χ4n) is 3.20. The number of nitrogens with zero attached hydrogens (tertiary/aromatic N) is 1. The van der Waals surface area contributed by atoms with Crippen molar-refractivity contribution in [3.05, 3.63) is 60.2 Å². The third kappa shape index (κ3) is 5.11. The van der Waals surface area contributed by atoms with Crippen molar-refractivity contribution in [2.24, 2.45) is 0 Å². The van der Waals surface area contributed by atoms with Gasteiger partial charge in [-0.1, -0.05) is 36.8 Å². The van der Waals surface area contributed by atoms with Crippen molar-refractivity contribution in [2.75, 3.05) is 26.2 Å². The first-order valence-electron chi connectivity index (χ1n) is 9.64. The van der Waals surface area contributed by atoms with Gasteiger partial charge in [0, 0.05) is 19.6 Å². The average molecular weight is 403 g/mol. The summed E-state index contributed by atoms with van der Waals surface area (Å²) in [4.78, 5) is 12.7. The molecule has 2 aromatic rings. The molecule has 1 fully saturated rings. The number of piperidine rings is 1. The van der Waals surface area contributed by atoms with Gasteiger partial charge in [0.1, 0.15) is 5.75 Å². The maximum Gasteiger partial charge on any atom is 0.252 e. The number of carbonyl (C=O) groups excluding carboxylic acids is 1. The second-order valence-electron chi connectivity index (χ2n) is 6.73. The molecule has 0 aliphatic carbocycles. The molecule has 0 bridgehead atoms. The van der Waals surface area contributed by atoms with E-state index in [1.165, 1.54) is 10.4 Å². The molecule has 7 heteroatoms. The normalized spacial score (nSPS) is 15.1. The lowest BCUT2D eigenvalue weighted by Gasteiger charge is -2.26. The van der Waals surface area contributed by atoms with Gasteiger partial charge in [-0.05, 0) is 43.5 Å². The van der Waals surface area contributed by atoms with Crippen molar-refractivity contribution in [1.29, 1.82) is 0 Å². The number of hydrogen-bond donors (Lipinski definition) is 1. The van der Waals surface area contributed by atoms with Gasteiger partial charge in [-0.3, -0.25) is 4.79 Å². The summed E-state index contributed by atoms with van der Waals surface area (Å²) in [7, 11) is -3.66. The van der Waals surface area contributed by atoms with Gasteiger partial charge in [0.2, 0.25) is 10.0 Å². The van der Waals surface area contributed by atoms with Crippen LogP contribution in [0.4, 0.5) is 0 Å². The van der Waals surface area contributed by atoms with Gasteiger partial charge in [0.05, 0.1) is 17.1 Å². The zero-order valence-electron chi connectivity index (χ0n) is 15.8. The first-order chi connectivity index (χ1) is 13.6. The van der Waals surface area contributed by atoms with Gasteiger partial charge in [0.25, 0.3) is 5.91 Å². The highest BCUT2D eigenvalue weighted by Gasteiger charge is 2.29. The molecule has 1 N–H and O–H groups in total. The number of carbonyl (C=O) groups is 1. The van der Waals surface area contributed by atoms with Crippen molar-refractivity contribution in [3.63, 3.8) is 0 Å². The van der Waals surface area contributed by atoms with Gasteiger partial charge in [-0.15, -0.1) is 0 Å². The minimum atomic E-state index is -3.66. The number of rotatable bonds is 8. The molecule has 6 nitrogen and oxygen atoms in total. The highest BCUT2D eigenvalue weighted by atomic mass is 32.2.